The third kappa shape index (κ3) is 3.56. The van der Waals surface area contributed by atoms with E-state index >= 15 is 0 Å². The lowest BCUT2D eigenvalue weighted by Crippen LogP contribution is -2.12. The lowest BCUT2D eigenvalue weighted by Gasteiger charge is -2.00. The molecule has 3 heterocycles. The molecule has 0 bridgehead atoms. The van der Waals surface area contributed by atoms with Gasteiger partial charge in [-0.1, -0.05) is 23.7 Å². The zero-order valence-electron chi connectivity index (χ0n) is 15.5. The number of amides is 1. The lowest BCUT2D eigenvalue weighted by atomic mass is 10.1. The minimum atomic E-state index is -0.306. The lowest BCUT2D eigenvalue weighted by molar-refractivity contribution is 0.102. The van der Waals surface area contributed by atoms with Gasteiger partial charge in [0.2, 0.25) is 0 Å². The molecule has 0 fully saturated rings. The number of carbonyl (C=O) groups is 1. The Morgan fingerprint density at radius 1 is 1.18 bits per heavy atom. The quantitative estimate of drug-likeness (QED) is 0.546. The summed E-state index contributed by atoms with van der Waals surface area (Å²) in [4.78, 5) is 17.1. The Morgan fingerprint density at radius 2 is 1.93 bits per heavy atom. The van der Waals surface area contributed by atoms with E-state index in [9.17, 15) is 4.79 Å². The molecular weight excluding hydrogens is 396 g/mol. The largest absolute Gasteiger partial charge is 0.296 e. The molecule has 7 nitrogen and oxygen atoms in total. The Bertz CT molecular complexity index is 1160. The molecule has 0 saturated carbocycles. The Balaban J connectivity index is 1.54. The van der Waals surface area contributed by atoms with Crippen LogP contribution in [0.25, 0.3) is 22.5 Å². The molecule has 28 heavy (non-hydrogen) atoms. The molecule has 0 aliphatic carbocycles. The van der Waals surface area contributed by atoms with E-state index < -0.39 is 0 Å². The molecule has 1 N–H and O–H groups in total. The first-order chi connectivity index (χ1) is 13.4. The minimum absolute atomic E-state index is 0.306. The molecule has 9 heteroatoms. The van der Waals surface area contributed by atoms with E-state index in [-0.39, 0.29) is 5.91 Å². The van der Waals surface area contributed by atoms with Gasteiger partial charge in [-0.2, -0.15) is 10.2 Å². The standard InChI is InChI=1S/C19H17ClN6OS/c1-11-14(9-25(2)23-11)16-10-28-19(21-16)22-18(27)15-8-17(26(3)24-15)12-4-6-13(20)7-5-12/h4-10H,1-3H3,(H,21,22,27). The molecule has 0 aliphatic heterocycles. The zero-order chi connectivity index (χ0) is 19.8. The normalized spacial score (nSPS) is 11.0. The molecule has 4 aromatic rings. The topological polar surface area (TPSA) is 77.6 Å². The monoisotopic (exact) mass is 412 g/mol. The van der Waals surface area contributed by atoms with E-state index in [2.05, 4.69) is 20.5 Å². The Kier molecular flexibility index (Phi) is 4.74. The fraction of sp³-hybridized carbons (Fsp3) is 0.158. The van der Waals surface area contributed by atoms with E-state index in [0.717, 1.165) is 28.2 Å². The summed E-state index contributed by atoms with van der Waals surface area (Å²) in [5.41, 5.74) is 4.70. The fourth-order valence-corrected chi connectivity index (χ4v) is 3.77. The summed E-state index contributed by atoms with van der Waals surface area (Å²) in [6, 6.07) is 9.15. The molecule has 0 spiro atoms. The predicted molar refractivity (Wildman–Crippen MR) is 111 cm³/mol. The van der Waals surface area contributed by atoms with E-state index in [4.69, 9.17) is 11.6 Å². The highest BCUT2D eigenvalue weighted by Gasteiger charge is 2.17. The second kappa shape index (κ2) is 7.21. The molecule has 0 unspecified atom stereocenters. The highest BCUT2D eigenvalue weighted by molar-refractivity contribution is 7.14. The van der Waals surface area contributed by atoms with Gasteiger partial charge in [-0.15, -0.1) is 11.3 Å². The van der Waals surface area contributed by atoms with Gasteiger partial charge in [0.25, 0.3) is 5.91 Å². The smallest absolute Gasteiger partial charge is 0.277 e. The average Bonchev–Trinajstić information content (AvgIpc) is 3.35. The Morgan fingerprint density at radius 3 is 2.61 bits per heavy atom. The Hall–Kier alpha value is -2.97. The number of rotatable bonds is 4. The summed E-state index contributed by atoms with van der Waals surface area (Å²) >= 11 is 7.31. The third-order valence-corrected chi connectivity index (χ3v) is 5.28. The van der Waals surface area contributed by atoms with Crippen molar-refractivity contribution < 1.29 is 4.79 Å². The first-order valence-electron chi connectivity index (χ1n) is 8.48. The van der Waals surface area contributed by atoms with Crippen molar-refractivity contribution in [2.45, 2.75) is 6.92 Å². The van der Waals surface area contributed by atoms with Gasteiger partial charge in [0, 0.05) is 36.3 Å². The van der Waals surface area contributed by atoms with Crippen molar-refractivity contribution in [1.82, 2.24) is 24.5 Å². The summed E-state index contributed by atoms with van der Waals surface area (Å²) in [6.45, 7) is 1.93. The van der Waals surface area contributed by atoms with Crippen LogP contribution in [0.4, 0.5) is 5.13 Å². The van der Waals surface area contributed by atoms with E-state index in [1.54, 1.807) is 34.6 Å². The number of hydrogen-bond donors (Lipinski definition) is 1. The maximum absolute atomic E-state index is 12.6. The molecule has 1 amide bonds. The maximum atomic E-state index is 12.6. The van der Waals surface area contributed by atoms with Crippen LogP contribution in [0.3, 0.4) is 0 Å². The predicted octanol–water partition coefficient (Wildman–Crippen LogP) is 4.16. The van der Waals surface area contributed by atoms with Crippen LogP contribution in [0.5, 0.6) is 0 Å². The summed E-state index contributed by atoms with van der Waals surface area (Å²) in [5, 5.41) is 14.5. The number of carbonyl (C=O) groups excluding carboxylic acids is 1. The number of halogens is 1. The highest BCUT2D eigenvalue weighted by Crippen LogP contribution is 2.27. The molecular formula is C19H17ClN6OS. The van der Waals surface area contributed by atoms with Crippen LogP contribution in [-0.2, 0) is 14.1 Å². The fourth-order valence-electron chi connectivity index (χ4n) is 2.94. The summed E-state index contributed by atoms with van der Waals surface area (Å²) in [5.74, 6) is -0.306. The van der Waals surface area contributed by atoms with E-state index in [0.29, 0.717) is 15.8 Å². The van der Waals surface area contributed by atoms with E-state index in [1.807, 2.05) is 37.7 Å². The van der Waals surface area contributed by atoms with Gasteiger partial charge in [-0.25, -0.2) is 4.98 Å². The summed E-state index contributed by atoms with van der Waals surface area (Å²) in [6.07, 6.45) is 1.91. The molecule has 0 atom stereocenters. The van der Waals surface area contributed by atoms with Crippen LogP contribution >= 0.6 is 22.9 Å². The van der Waals surface area contributed by atoms with Crippen molar-refractivity contribution in [3.63, 3.8) is 0 Å². The van der Waals surface area contributed by atoms with Gasteiger partial charge in [-0.3, -0.25) is 19.5 Å². The molecule has 4 rings (SSSR count). The van der Waals surface area contributed by atoms with E-state index in [1.165, 1.54) is 11.3 Å². The SMILES string of the molecule is Cc1nn(C)cc1-c1csc(NC(=O)c2cc(-c3ccc(Cl)cc3)n(C)n2)n1. The average molecular weight is 413 g/mol. The first kappa shape index (κ1) is 18.4. The minimum Gasteiger partial charge on any atom is -0.296 e. The number of hydrogen-bond acceptors (Lipinski definition) is 5. The van der Waals surface area contributed by atoms with Crippen LogP contribution in [0.2, 0.25) is 5.02 Å². The van der Waals surface area contributed by atoms with Crippen LogP contribution in [0.15, 0.2) is 41.9 Å². The zero-order valence-corrected chi connectivity index (χ0v) is 17.0. The molecule has 0 saturated heterocycles. The van der Waals surface area contributed by atoms with Crippen molar-refractivity contribution in [3.8, 4) is 22.5 Å². The molecule has 3 aromatic heterocycles. The molecule has 1 aromatic carbocycles. The number of aromatic nitrogens is 5. The van der Waals surface area contributed by atoms with Crippen LogP contribution in [0.1, 0.15) is 16.2 Å². The number of aryl methyl sites for hydroxylation is 3. The van der Waals surface area contributed by atoms with Crippen molar-refractivity contribution >= 4 is 34.0 Å². The number of thiazole rings is 1. The third-order valence-electron chi connectivity index (χ3n) is 4.27. The summed E-state index contributed by atoms with van der Waals surface area (Å²) < 4.78 is 3.42. The highest BCUT2D eigenvalue weighted by atomic mass is 35.5. The van der Waals surface area contributed by atoms with Gasteiger partial charge in [0.15, 0.2) is 10.8 Å². The van der Waals surface area contributed by atoms with Gasteiger partial charge >= 0.3 is 0 Å². The second-order valence-electron chi connectivity index (χ2n) is 6.34. The van der Waals surface area contributed by atoms with Crippen molar-refractivity contribution in [3.05, 3.63) is 58.3 Å². The second-order valence-corrected chi connectivity index (χ2v) is 7.63. The molecule has 142 valence electrons. The van der Waals surface area contributed by atoms with Crippen molar-refractivity contribution in [2.75, 3.05) is 5.32 Å². The number of anilines is 1. The van der Waals surface area contributed by atoms with Crippen LogP contribution in [-0.4, -0.2) is 30.5 Å². The maximum Gasteiger partial charge on any atom is 0.277 e. The number of nitrogens with one attached hydrogen (secondary N) is 1. The van der Waals surface area contributed by atoms with Crippen molar-refractivity contribution in [1.29, 1.82) is 0 Å². The summed E-state index contributed by atoms with van der Waals surface area (Å²) in [7, 11) is 3.66. The Labute approximate surface area is 170 Å². The number of benzene rings is 1. The number of nitrogens with zero attached hydrogens (tertiary/aromatic N) is 5. The molecule has 0 radical (unpaired) electrons. The molecule has 0 aliphatic rings. The van der Waals surface area contributed by atoms with Crippen molar-refractivity contribution in [2.24, 2.45) is 14.1 Å². The van der Waals surface area contributed by atoms with Gasteiger partial charge in [0.1, 0.15) is 0 Å². The van der Waals surface area contributed by atoms with Crippen LogP contribution in [0, 0.1) is 6.92 Å². The first-order valence-corrected chi connectivity index (χ1v) is 9.74. The van der Waals surface area contributed by atoms with Gasteiger partial charge < -0.3 is 0 Å². The van der Waals surface area contributed by atoms with Crippen LogP contribution < -0.4 is 5.32 Å². The van der Waals surface area contributed by atoms with Gasteiger partial charge in [0.05, 0.1) is 17.1 Å². The van der Waals surface area contributed by atoms with Gasteiger partial charge in [-0.05, 0) is 30.7 Å².